The average Bonchev–Trinajstić information content (AvgIpc) is 3.23. The Morgan fingerprint density at radius 1 is 0.444 bits per heavy atom. The third kappa shape index (κ3) is 10.3. The van der Waals surface area contributed by atoms with Crippen LogP contribution in [0.5, 0.6) is 5.75 Å². The van der Waals surface area contributed by atoms with Crippen LogP contribution in [0.3, 0.4) is 0 Å². The van der Waals surface area contributed by atoms with Gasteiger partial charge in [-0.15, -0.1) is 0 Å². The lowest BCUT2D eigenvalue weighted by Crippen LogP contribution is -2.58. The quantitative estimate of drug-likeness (QED) is 0.0936. The normalized spacial score (nSPS) is 19.7. The summed E-state index contributed by atoms with van der Waals surface area (Å²) in [6, 6.07) is 57.3. The topological polar surface area (TPSA) is 55.4 Å². The number of hydrogen-bond acceptors (Lipinski definition) is 6. The molecule has 6 heteroatoms. The second-order valence-corrected chi connectivity index (χ2v) is 13.7. The molecule has 0 saturated carbocycles. The molecule has 0 spiro atoms. The Morgan fingerprint density at radius 2 is 0.870 bits per heavy atom. The molecule has 6 aromatic carbocycles. The zero-order valence-electron chi connectivity index (χ0n) is 30.7. The first-order chi connectivity index (χ1) is 26.7. The second kappa shape index (κ2) is 19.3. The molecule has 6 aromatic rings. The van der Waals surface area contributed by atoms with Crippen LogP contribution in [0.4, 0.5) is 0 Å². The lowest BCUT2D eigenvalue weighted by atomic mass is 9.89. The van der Waals surface area contributed by atoms with E-state index >= 15 is 0 Å². The lowest BCUT2D eigenvalue weighted by molar-refractivity contribution is -0.275. The van der Waals surface area contributed by atoms with Gasteiger partial charge in [-0.05, 0) is 46.9 Å². The van der Waals surface area contributed by atoms with Gasteiger partial charge >= 0.3 is 0 Å². The Labute approximate surface area is 319 Å². The minimum atomic E-state index is -0.569. The molecule has 0 amide bonds. The van der Waals surface area contributed by atoms with Crippen molar-refractivity contribution < 1.29 is 28.4 Å². The first kappa shape index (κ1) is 37.2. The van der Waals surface area contributed by atoms with Gasteiger partial charge in [0.25, 0.3) is 0 Å². The Bertz CT molecular complexity index is 1960. The van der Waals surface area contributed by atoms with Crippen LogP contribution in [0.25, 0.3) is 0 Å². The molecule has 0 aliphatic carbocycles. The first-order valence-electron chi connectivity index (χ1n) is 18.7. The van der Waals surface area contributed by atoms with Gasteiger partial charge in [0.05, 0.1) is 33.0 Å². The van der Waals surface area contributed by atoms with Crippen LogP contribution in [0.2, 0.25) is 0 Å². The fourth-order valence-electron chi connectivity index (χ4n) is 6.80. The monoisotopic (exact) mass is 720 g/mol. The molecule has 1 saturated heterocycles. The highest BCUT2D eigenvalue weighted by molar-refractivity contribution is 5.40. The molecule has 1 aliphatic rings. The maximum Gasteiger partial charge on any atom is 0.125 e. The van der Waals surface area contributed by atoms with Gasteiger partial charge in [-0.2, -0.15) is 0 Å². The SMILES string of the molecule is Cc1ccc(OCc2ccccc2)c([C@@H]2O[C@H](COCc3ccccc3)[C@@H](OCc3ccccc3)C(OCc3ccccc3)[C@H]2OCc2ccccc2)c1. The van der Waals surface area contributed by atoms with E-state index in [1.807, 2.05) is 97.1 Å². The minimum Gasteiger partial charge on any atom is -0.489 e. The van der Waals surface area contributed by atoms with E-state index < -0.39 is 30.5 Å². The number of aryl methyl sites for hydroxylation is 1. The fraction of sp³-hybridized carbons (Fsp3) is 0.250. The number of ether oxygens (including phenoxy) is 6. The summed E-state index contributed by atoms with van der Waals surface area (Å²) in [5.74, 6) is 0.734. The number of hydrogen-bond donors (Lipinski definition) is 0. The average molecular weight is 721 g/mol. The Balaban J connectivity index is 1.27. The Hall–Kier alpha value is -5.08. The smallest absolute Gasteiger partial charge is 0.125 e. The highest BCUT2D eigenvalue weighted by Crippen LogP contribution is 2.42. The van der Waals surface area contributed by atoms with Crippen LogP contribution < -0.4 is 4.74 Å². The predicted octanol–water partition coefficient (Wildman–Crippen LogP) is 9.99. The third-order valence-corrected chi connectivity index (χ3v) is 9.59. The van der Waals surface area contributed by atoms with Gasteiger partial charge in [0.15, 0.2) is 0 Å². The molecule has 6 nitrogen and oxygen atoms in total. The molecule has 7 rings (SSSR count). The van der Waals surface area contributed by atoms with Crippen LogP contribution in [-0.2, 0) is 56.7 Å². The molecule has 0 radical (unpaired) electrons. The zero-order chi connectivity index (χ0) is 36.8. The molecule has 1 aliphatic heterocycles. The van der Waals surface area contributed by atoms with E-state index in [1.165, 1.54) is 0 Å². The summed E-state index contributed by atoms with van der Waals surface area (Å²) >= 11 is 0. The van der Waals surface area contributed by atoms with Gasteiger partial charge in [-0.3, -0.25) is 0 Å². The van der Waals surface area contributed by atoms with Crippen LogP contribution >= 0.6 is 0 Å². The van der Waals surface area contributed by atoms with Crippen molar-refractivity contribution >= 4 is 0 Å². The van der Waals surface area contributed by atoms with Gasteiger partial charge in [0.1, 0.15) is 42.9 Å². The summed E-state index contributed by atoms with van der Waals surface area (Å²) in [5.41, 5.74) is 7.32. The van der Waals surface area contributed by atoms with E-state index in [2.05, 4.69) is 79.7 Å². The highest BCUT2D eigenvalue weighted by atomic mass is 16.6. The lowest BCUT2D eigenvalue weighted by Gasteiger charge is -2.46. The van der Waals surface area contributed by atoms with Crippen LogP contribution in [-0.4, -0.2) is 31.0 Å². The molecular weight excluding hydrogens is 673 g/mol. The van der Waals surface area contributed by atoms with E-state index in [9.17, 15) is 0 Å². The molecule has 1 fully saturated rings. The summed E-state index contributed by atoms with van der Waals surface area (Å²) in [6.07, 6.45) is -2.70. The Kier molecular flexibility index (Phi) is 13.3. The van der Waals surface area contributed by atoms with Crippen molar-refractivity contribution in [2.24, 2.45) is 0 Å². The second-order valence-electron chi connectivity index (χ2n) is 13.7. The van der Waals surface area contributed by atoms with E-state index in [1.54, 1.807) is 0 Å². The number of benzene rings is 6. The first-order valence-corrected chi connectivity index (χ1v) is 18.7. The summed E-state index contributed by atoms with van der Waals surface area (Å²) in [4.78, 5) is 0. The summed E-state index contributed by atoms with van der Waals surface area (Å²) in [7, 11) is 0. The summed E-state index contributed by atoms with van der Waals surface area (Å²) in [6.45, 7) is 4.34. The van der Waals surface area contributed by atoms with Gasteiger partial charge in [-0.1, -0.05) is 163 Å². The molecule has 1 unspecified atom stereocenters. The van der Waals surface area contributed by atoms with E-state index in [0.717, 1.165) is 44.7 Å². The van der Waals surface area contributed by atoms with Crippen molar-refractivity contribution in [1.82, 2.24) is 0 Å². The van der Waals surface area contributed by atoms with Gasteiger partial charge in [0, 0.05) is 5.56 Å². The van der Waals surface area contributed by atoms with E-state index in [4.69, 9.17) is 28.4 Å². The standard InChI is InChI=1S/C48H48O6/c1-36-27-28-43(50-31-38-19-9-3-10-20-38)42(29-36)45-47(52-33-40-23-13-5-14-24-40)48(53-34-41-25-15-6-16-26-41)46(51-32-39-21-11-4-12-22-39)44(54-45)35-49-30-37-17-7-2-8-18-37/h2-29,44-48H,30-35H2,1H3/t44-,45+,46-,47+,48?/m1/s1. The molecule has 5 atom stereocenters. The van der Waals surface area contributed by atoms with E-state index in [-0.39, 0.29) is 6.61 Å². The molecule has 1 heterocycles. The molecule has 276 valence electrons. The summed E-state index contributed by atoms with van der Waals surface area (Å²) < 4.78 is 41.0. The van der Waals surface area contributed by atoms with Crippen molar-refractivity contribution in [3.8, 4) is 5.75 Å². The maximum atomic E-state index is 7.21. The molecule has 0 aromatic heterocycles. The van der Waals surface area contributed by atoms with Crippen molar-refractivity contribution in [3.63, 3.8) is 0 Å². The van der Waals surface area contributed by atoms with Crippen LogP contribution in [0, 0.1) is 6.92 Å². The van der Waals surface area contributed by atoms with Gasteiger partial charge in [0.2, 0.25) is 0 Å². The van der Waals surface area contributed by atoms with E-state index in [0.29, 0.717) is 33.0 Å². The van der Waals surface area contributed by atoms with Crippen molar-refractivity contribution in [2.45, 2.75) is 70.5 Å². The summed E-state index contributed by atoms with van der Waals surface area (Å²) in [5, 5.41) is 0. The predicted molar refractivity (Wildman–Crippen MR) is 211 cm³/mol. The largest absolute Gasteiger partial charge is 0.489 e. The van der Waals surface area contributed by atoms with Crippen molar-refractivity contribution in [2.75, 3.05) is 6.61 Å². The highest BCUT2D eigenvalue weighted by Gasteiger charge is 2.49. The van der Waals surface area contributed by atoms with Crippen molar-refractivity contribution in [3.05, 3.63) is 209 Å². The molecule has 0 N–H and O–H groups in total. The molecule has 54 heavy (non-hydrogen) atoms. The maximum absolute atomic E-state index is 7.21. The van der Waals surface area contributed by atoms with Crippen LogP contribution in [0.1, 0.15) is 45.0 Å². The van der Waals surface area contributed by atoms with Crippen LogP contribution in [0.15, 0.2) is 170 Å². The van der Waals surface area contributed by atoms with Crippen molar-refractivity contribution in [1.29, 1.82) is 0 Å². The number of rotatable bonds is 17. The molecular formula is C48H48O6. The van der Waals surface area contributed by atoms with Gasteiger partial charge in [-0.25, -0.2) is 0 Å². The van der Waals surface area contributed by atoms with Gasteiger partial charge < -0.3 is 28.4 Å². The fourth-order valence-corrected chi connectivity index (χ4v) is 6.80. The third-order valence-electron chi connectivity index (χ3n) is 9.59. The zero-order valence-corrected chi connectivity index (χ0v) is 30.7. The minimum absolute atomic E-state index is 0.285. The molecule has 0 bridgehead atoms. The Morgan fingerprint density at radius 3 is 1.37 bits per heavy atom.